The van der Waals surface area contributed by atoms with Crippen molar-refractivity contribution in [3.05, 3.63) is 22.7 Å². The molecule has 1 aromatic carbocycles. The Morgan fingerprint density at radius 1 is 1.43 bits per heavy atom. The average Bonchev–Trinajstić information content (AvgIpc) is 2.34. The lowest BCUT2D eigenvalue weighted by Crippen LogP contribution is -2.61. The molecule has 1 aliphatic rings. The van der Waals surface area contributed by atoms with E-state index in [1.165, 1.54) is 14.0 Å². The van der Waals surface area contributed by atoms with Gasteiger partial charge >= 0.3 is 5.97 Å². The number of carboxylic acids is 1. The third-order valence-electron chi connectivity index (χ3n) is 3.11. The van der Waals surface area contributed by atoms with E-state index in [9.17, 15) is 18.3 Å². The number of carboxylic acid groups (broad SMARTS) is 1. The van der Waals surface area contributed by atoms with Crippen molar-refractivity contribution in [2.24, 2.45) is 0 Å². The summed E-state index contributed by atoms with van der Waals surface area (Å²) in [6.07, 6.45) is 0. The molecule has 9 heteroatoms. The number of aliphatic hydroxyl groups is 1. The van der Waals surface area contributed by atoms with Gasteiger partial charge in [0.2, 0.25) is 10.0 Å². The van der Waals surface area contributed by atoms with Crippen LogP contribution in [0.15, 0.2) is 17.0 Å². The number of hydrogen-bond donors (Lipinski definition) is 2. The van der Waals surface area contributed by atoms with E-state index in [0.717, 1.165) is 16.4 Å². The van der Waals surface area contributed by atoms with E-state index in [4.69, 9.17) is 21.4 Å². The minimum atomic E-state index is -3.99. The quantitative estimate of drug-likeness (QED) is 0.843. The Kier molecular flexibility index (Phi) is 3.92. The molecule has 1 heterocycles. The molecule has 0 bridgehead atoms. The van der Waals surface area contributed by atoms with Gasteiger partial charge in [0, 0.05) is 18.1 Å². The van der Waals surface area contributed by atoms with E-state index in [1.807, 2.05) is 0 Å². The first-order chi connectivity index (χ1) is 9.58. The van der Waals surface area contributed by atoms with Gasteiger partial charge < -0.3 is 14.9 Å². The monoisotopic (exact) mass is 335 g/mol. The van der Waals surface area contributed by atoms with Gasteiger partial charge in [0.15, 0.2) is 5.75 Å². The standard InChI is InChI=1S/C12H14ClNO6S/c1-12(17)5-14(6-12)21(18,19)9-4-7(13)3-8(11(15)16)10(9)20-2/h3-4,17H,5-6H2,1-2H3,(H,15,16). The summed E-state index contributed by atoms with van der Waals surface area (Å²) in [6, 6.07) is 2.25. The molecule has 0 unspecified atom stereocenters. The summed E-state index contributed by atoms with van der Waals surface area (Å²) in [5.74, 6) is -1.63. The van der Waals surface area contributed by atoms with E-state index < -0.39 is 21.6 Å². The number of rotatable bonds is 4. The number of hydrogen-bond acceptors (Lipinski definition) is 5. The smallest absolute Gasteiger partial charge is 0.339 e. The Morgan fingerprint density at radius 3 is 2.43 bits per heavy atom. The lowest BCUT2D eigenvalue weighted by molar-refractivity contribution is -0.0426. The zero-order valence-corrected chi connectivity index (χ0v) is 12.9. The molecule has 0 aromatic heterocycles. The maximum absolute atomic E-state index is 12.5. The van der Waals surface area contributed by atoms with Gasteiger partial charge in [0.1, 0.15) is 10.5 Å². The molecule has 0 atom stereocenters. The number of methoxy groups -OCH3 is 1. The van der Waals surface area contributed by atoms with E-state index in [-0.39, 0.29) is 34.3 Å². The van der Waals surface area contributed by atoms with Crippen molar-refractivity contribution >= 4 is 27.6 Å². The summed E-state index contributed by atoms with van der Waals surface area (Å²) in [4.78, 5) is 10.9. The largest absolute Gasteiger partial charge is 0.494 e. The van der Waals surface area contributed by atoms with Crippen LogP contribution in [0.25, 0.3) is 0 Å². The van der Waals surface area contributed by atoms with Gasteiger partial charge in [-0.3, -0.25) is 0 Å². The molecule has 0 radical (unpaired) electrons. The number of benzene rings is 1. The fraction of sp³-hybridized carbons (Fsp3) is 0.417. The van der Waals surface area contributed by atoms with E-state index in [2.05, 4.69) is 0 Å². The van der Waals surface area contributed by atoms with Crippen molar-refractivity contribution in [1.82, 2.24) is 4.31 Å². The van der Waals surface area contributed by atoms with Gasteiger partial charge in [0.25, 0.3) is 0 Å². The highest BCUT2D eigenvalue weighted by Gasteiger charge is 2.45. The Balaban J connectivity index is 2.56. The van der Waals surface area contributed by atoms with Crippen LogP contribution in [0.1, 0.15) is 17.3 Å². The van der Waals surface area contributed by atoms with Crippen LogP contribution >= 0.6 is 11.6 Å². The van der Waals surface area contributed by atoms with Crippen molar-refractivity contribution in [2.45, 2.75) is 17.4 Å². The van der Waals surface area contributed by atoms with Crippen molar-refractivity contribution in [2.75, 3.05) is 20.2 Å². The lowest BCUT2D eigenvalue weighted by atomic mass is 10.0. The molecular weight excluding hydrogens is 322 g/mol. The molecule has 0 saturated carbocycles. The number of sulfonamides is 1. The second-order valence-corrected chi connectivity index (χ2v) is 7.40. The van der Waals surface area contributed by atoms with Crippen molar-refractivity contribution in [3.63, 3.8) is 0 Å². The molecule has 2 rings (SSSR count). The first kappa shape index (κ1) is 16.0. The van der Waals surface area contributed by atoms with Gasteiger partial charge in [-0.25, -0.2) is 13.2 Å². The second-order valence-electron chi connectivity index (χ2n) is 5.06. The predicted molar refractivity (Wildman–Crippen MR) is 74.3 cm³/mol. The predicted octanol–water partition coefficient (Wildman–Crippen LogP) is 0.802. The number of nitrogens with zero attached hydrogens (tertiary/aromatic N) is 1. The van der Waals surface area contributed by atoms with Crippen molar-refractivity contribution in [3.8, 4) is 5.75 Å². The highest BCUT2D eigenvalue weighted by atomic mass is 35.5. The maximum Gasteiger partial charge on any atom is 0.339 e. The average molecular weight is 336 g/mol. The molecule has 0 amide bonds. The number of halogens is 1. The highest BCUT2D eigenvalue weighted by molar-refractivity contribution is 7.89. The lowest BCUT2D eigenvalue weighted by Gasteiger charge is -2.43. The molecule has 7 nitrogen and oxygen atoms in total. The van der Waals surface area contributed by atoms with Crippen LogP contribution in [-0.4, -0.2) is 54.7 Å². The third kappa shape index (κ3) is 2.84. The molecule has 1 aliphatic heterocycles. The van der Waals surface area contributed by atoms with Crippen molar-refractivity contribution < 1.29 is 28.2 Å². The fourth-order valence-corrected chi connectivity index (χ4v) is 4.31. The van der Waals surface area contributed by atoms with Crippen LogP contribution in [0.2, 0.25) is 5.02 Å². The number of β-amino-alcohol motifs (C(OH)–C–C–N with tert-alkyl or cyclic N) is 1. The fourth-order valence-electron chi connectivity index (χ4n) is 2.15. The van der Waals surface area contributed by atoms with Gasteiger partial charge in [-0.2, -0.15) is 4.31 Å². The SMILES string of the molecule is COc1c(C(=O)O)cc(Cl)cc1S(=O)(=O)N1CC(C)(O)C1. The maximum atomic E-state index is 12.5. The molecule has 1 fully saturated rings. The number of carbonyl (C=O) groups is 1. The topological polar surface area (TPSA) is 104 Å². The first-order valence-corrected chi connectivity index (χ1v) is 7.74. The van der Waals surface area contributed by atoms with Crippen LogP contribution in [0.3, 0.4) is 0 Å². The van der Waals surface area contributed by atoms with Crippen LogP contribution < -0.4 is 4.74 Å². The normalized spacial score (nSPS) is 18.1. The van der Waals surface area contributed by atoms with Crippen LogP contribution in [0.5, 0.6) is 5.75 Å². The Morgan fingerprint density at radius 2 is 2.00 bits per heavy atom. The molecule has 0 spiro atoms. The third-order valence-corrected chi connectivity index (χ3v) is 5.12. The molecule has 1 saturated heterocycles. The summed E-state index contributed by atoms with van der Waals surface area (Å²) in [5, 5.41) is 18.7. The molecule has 0 aliphatic carbocycles. The van der Waals surface area contributed by atoms with E-state index in [0.29, 0.717) is 0 Å². The molecular formula is C12H14ClNO6S. The Labute approximate surface area is 126 Å². The Hall–Kier alpha value is -1.35. The molecule has 116 valence electrons. The minimum absolute atomic E-state index is 0.0286. The molecule has 2 N–H and O–H groups in total. The first-order valence-electron chi connectivity index (χ1n) is 5.92. The number of ether oxygens (including phenoxy) is 1. The van der Waals surface area contributed by atoms with Gasteiger partial charge in [-0.15, -0.1) is 0 Å². The van der Waals surface area contributed by atoms with Gasteiger partial charge in [-0.05, 0) is 19.1 Å². The van der Waals surface area contributed by atoms with E-state index in [1.54, 1.807) is 0 Å². The molecule has 21 heavy (non-hydrogen) atoms. The minimum Gasteiger partial charge on any atom is -0.494 e. The molecule has 1 aromatic rings. The van der Waals surface area contributed by atoms with E-state index >= 15 is 0 Å². The second kappa shape index (κ2) is 5.13. The summed E-state index contributed by atoms with van der Waals surface area (Å²) in [6.45, 7) is 1.36. The number of aromatic carboxylic acids is 1. The van der Waals surface area contributed by atoms with Crippen LogP contribution in [-0.2, 0) is 10.0 Å². The highest BCUT2D eigenvalue weighted by Crippen LogP contribution is 2.36. The summed E-state index contributed by atoms with van der Waals surface area (Å²) >= 11 is 5.80. The van der Waals surface area contributed by atoms with Crippen LogP contribution in [0.4, 0.5) is 0 Å². The van der Waals surface area contributed by atoms with Crippen LogP contribution in [0, 0.1) is 0 Å². The van der Waals surface area contributed by atoms with Crippen molar-refractivity contribution in [1.29, 1.82) is 0 Å². The summed E-state index contributed by atoms with van der Waals surface area (Å²) in [7, 11) is -2.81. The summed E-state index contributed by atoms with van der Waals surface area (Å²) in [5.41, 5.74) is -1.43. The summed E-state index contributed by atoms with van der Waals surface area (Å²) < 4.78 is 31.0. The Bertz CT molecular complexity index is 692. The zero-order chi connectivity index (χ0) is 16.0. The zero-order valence-electron chi connectivity index (χ0n) is 11.3. The van der Waals surface area contributed by atoms with Gasteiger partial charge in [-0.1, -0.05) is 11.6 Å². The van der Waals surface area contributed by atoms with Gasteiger partial charge in [0.05, 0.1) is 12.7 Å².